The van der Waals surface area contributed by atoms with Gasteiger partial charge in [0.15, 0.2) is 0 Å². The number of carboxylic acids is 1. The highest BCUT2D eigenvalue weighted by Crippen LogP contribution is 2.28. The molecule has 1 N–H and O–H groups in total. The van der Waals surface area contributed by atoms with Crippen LogP contribution in [0.25, 0.3) is 0 Å². The summed E-state index contributed by atoms with van der Waals surface area (Å²) in [5.41, 5.74) is 0. The molecule has 0 aromatic carbocycles. The van der Waals surface area contributed by atoms with Crippen molar-refractivity contribution in [2.24, 2.45) is 0 Å². The SMILES string of the molecule is COCC(C(=O)O)N1CCC(F)(F)CC1.Cl. The number of alkyl halides is 2. The monoisotopic (exact) mass is 259 g/mol. The van der Waals surface area contributed by atoms with Crippen molar-refractivity contribution in [2.45, 2.75) is 24.8 Å². The lowest BCUT2D eigenvalue weighted by molar-refractivity contribution is -0.148. The number of halogens is 3. The van der Waals surface area contributed by atoms with E-state index in [0.29, 0.717) is 0 Å². The smallest absolute Gasteiger partial charge is 0.323 e. The fourth-order valence-electron chi connectivity index (χ4n) is 1.65. The van der Waals surface area contributed by atoms with Gasteiger partial charge in [-0.2, -0.15) is 0 Å². The van der Waals surface area contributed by atoms with Gasteiger partial charge >= 0.3 is 5.97 Å². The summed E-state index contributed by atoms with van der Waals surface area (Å²) in [6, 6.07) is -0.814. The molecule has 4 nitrogen and oxygen atoms in total. The zero-order chi connectivity index (χ0) is 11.5. The molecule has 0 aliphatic carbocycles. The van der Waals surface area contributed by atoms with Gasteiger partial charge in [-0.3, -0.25) is 9.69 Å². The normalized spacial score (nSPS) is 22.2. The van der Waals surface area contributed by atoms with E-state index in [1.54, 1.807) is 0 Å². The molecular formula is C9H16ClF2NO3. The van der Waals surface area contributed by atoms with Crippen LogP contribution in [0.3, 0.4) is 0 Å². The van der Waals surface area contributed by atoms with Gasteiger partial charge < -0.3 is 9.84 Å². The van der Waals surface area contributed by atoms with Gasteiger partial charge in [-0.15, -0.1) is 12.4 Å². The van der Waals surface area contributed by atoms with Crippen molar-refractivity contribution in [2.75, 3.05) is 26.8 Å². The zero-order valence-corrected chi connectivity index (χ0v) is 9.80. The Morgan fingerprint density at radius 2 is 2.00 bits per heavy atom. The molecule has 1 unspecified atom stereocenters. The van der Waals surface area contributed by atoms with Crippen LogP contribution in [-0.2, 0) is 9.53 Å². The molecule has 1 fully saturated rings. The number of aliphatic carboxylic acids is 1. The second-order valence-electron chi connectivity index (χ2n) is 3.70. The van der Waals surface area contributed by atoms with Crippen LogP contribution in [0.1, 0.15) is 12.8 Å². The molecule has 1 saturated heterocycles. The van der Waals surface area contributed by atoms with Crippen molar-refractivity contribution in [3.63, 3.8) is 0 Å². The van der Waals surface area contributed by atoms with E-state index in [-0.39, 0.29) is 44.9 Å². The van der Waals surface area contributed by atoms with E-state index in [2.05, 4.69) is 0 Å². The van der Waals surface area contributed by atoms with Gasteiger partial charge in [0.25, 0.3) is 5.92 Å². The minimum absolute atomic E-state index is 0. The van der Waals surface area contributed by atoms with Crippen LogP contribution in [0.2, 0.25) is 0 Å². The number of rotatable bonds is 4. The molecule has 1 aliphatic heterocycles. The zero-order valence-electron chi connectivity index (χ0n) is 8.99. The lowest BCUT2D eigenvalue weighted by Gasteiger charge is -2.35. The van der Waals surface area contributed by atoms with Crippen LogP contribution in [-0.4, -0.2) is 54.7 Å². The van der Waals surface area contributed by atoms with E-state index in [9.17, 15) is 13.6 Å². The maximum atomic E-state index is 12.8. The summed E-state index contributed by atoms with van der Waals surface area (Å²) in [5, 5.41) is 8.88. The number of piperidine rings is 1. The second kappa shape index (κ2) is 6.32. The first-order chi connectivity index (χ1) is 6.96. The molecule has 0 aromatic heterocycles. The highest BCUT2D eigenvalue weighted by Gasteiger charge is 2.38. The van der Waals surface area contributed by atoms with Crippen LogP contribution in [0, 0.1) is 0 Å². The molecule has 1 aliphatic rings. The molecule has 0 bridgehead atoms. The molecular weight excluding hydrogens is 244 g/mol. The average Bonchev–Trinajstić information content (AvgIpc) is 2.14. The van der Waals surface area contributed by atoms with E-state index in [1.807, 2.05) is 0 Å². The summed E-state index contributed by atoms with van der Waals surface area (Å²) in [6.45, 7) is 0.238. The van der Waals surface area contributed by atoms with Crippen molar-refractivity contribution in [1.29, 1.82) is 0 Å². The van der Waals surface area contributed by atoms with Crippen molar-refractivity contribution in [1.82, 2.24) is 4.90 Å². The van der Waals surface area contributed by atoms with E-state index >= 15 is 0 Å². The Hall–Kier alpha value is -0.460. The minimum Gasteiger partial charge on any atom is -0.480 e. The highest BCUT2D eigenvalue weighted by molar-refractivity contribution is 5.85. The fourth-order valence-corrected chi connectivity index (χ4v) is 1.65. The number of carbonyl (C=O) groups is 1. The Labute approximate surface area is 99.0 Å². The maximum Gasteiger partial charge on any atom is 0.323 e. The number of ether oxygens (including phenoxy) is 1. The number of hydrogen-bond donors (Lipinski definition) is 1. The molecule has 1 atom stereocenters. The lowest BCUT2D eigenvalue weighted by Crippen LogP contribution is -2.50. The third kappa shape index (κ3) is 4.19. The number of carboxylic acid groups (broad SMARTS) is 1. The van der Waals surface area contributed by atoms with Gasteiger partial charge in [-0.05, 0) is 0 Å². The third-order valence-electron chi connectivity index (χ3n) is 2.58. The Bertz CT molecular complexity index is 231. The van der Waals surface area contributed by atoms with Crippen LogP contribution >= 0.6 is 12.4 Å². The predicted octanol–water partition coefficient (Wildman–Crippen LogP) is 1.24. The largest absolute Gasteiger partial charge is 0.480 e. The topological polar surface area (TPSA) is 49.8 Å². The summed E-state index contributed by atoms with van der Waals surface area (Å²) in [6.07, 6.45) is -0.555. The standard InChI is InChI=1S/C9H15F2NO3.ClH/c1-15-6-7(8(13)14)12-4-2-9(10,11)3-5-12;/h7H,2-6H2,1H3,(H,13,14);1H. The van der Waals surface area contributed by atoms with E-state index in [4.69, 9.17) is 9.84 Å². The Kier molecular flexibility index (Phi) is 6.14. The average molecular weight is 260 g/mol. The molecule has 1 heterocycles. The first kappa shape index (κ1) is 15.5. The van der Waals surface area contributed by atoms with Crippen LogP contribution < -0.4 is 0 Å². The Morgan fingerprint density at radius 3 is 2.38 bits per heavy atom. The molecule has 1 rings (SSSR count). The molecule has 96 valence electrons. The van der Waals surface area contributed by atoms with Gasteiger partial charge in [-0.1, -0.05) is 0 Å². The van der Waals surface area contributed by atoms with Crippen LogP contribution in [0.15, 0.2) is 0 Å². The molecule has 7 heteroatoms. The highest BCUT2D eigenvalue weighted by atomic mass is 35.5. The van der Waals surface area contributed by atoms with Gasteiger partial charge in [-0.25, -0.2) is 8.78 Å². The van der Waals surface area contributed by atoms with Crippen molar-refractivity contribution in [3.05, 3.63) is 0 Å². The first-order valence-electron chi connectivity index (χ1n) is 4.80. The quantitative estimate of drug-likeness (QED) is 0.825. The third-order valence-corrected chi connectivity index (χ3v) is 2.58. The summed E-state index contributed by atoms with van der Waals surface area (Å²) in [7, 11) is 1.40. The Balaban J connectivity index is 0.00000225. The molecule has 0 amide bonds. The molecule has 16 heavy (non-hydrogen) atoms. The number of nitrogens with zero attached hydrogens (tertiary/aromatic N) is 1. The van der Waals surface area contributed by atoms with Crippen molar-refractivity contribution in [3.8, 4) is 0 Å². The summed E-state index contributed by atoms with van der Waals surface area (Å²) >= 11 is 0. The maximum absolute atomic E-state index is 12.8. The fraction of sp³-hybridized carbons (Fsp3) is 0.889. The molecule has 0 radical (unpaired) electrons. The molecule has 0 spiro atoms. The van der Waals surface area contributed by atoms with Crippen molar-refractivity contribution >= 4 is 18.4 Å². The number of methoxy groups -OCH3 is 1. The number of hydrogen-bond acceptors (Lipinski definition) is 3. The second-order valence-corrected chi connectivity index (χ2v) is 3.70. The Morgan fingerprint density at radius 1 is 1.50 bits per heavy atom. The number of likely N-dealkylation sites (tertiary alicyclic amines) is 1. The summed E-state index contributed by atoms with van der Waals surface area (Å²) < 4.78 is 30.4. The van der Waals surface area contributed by atoms with E-state index < -0.39 is 17.9 Å². The summed E-state index contributed by atoms with van der Waals surface area (Å²) in [5.74, 6) is -3.67. The van der Waals surface area contributed by atoms with E-state index in [1.165, 1.54) is 12.0 Å². The van der Waals surface area contributed by atoms with Gasteiger partial charge in [0, 0.05) is 33.0 Å². The van der Waals surface area contributed by atoms with Crippen LogP contribution in [0.5, 0.6) is 0 Å². The van der Waals surface area contributed by atoms with E-state index in [0.717, 1.165) is 0 Å². The molecule has 0 aromatic rings. The van der Waals surface area contributed by atoms with Gasteiger partial charge in [0.05, 0.1) is 6.61 Å². The lowest BCUT2D eigenvalue weighted by atomic mass is 10.0. The predicted molar refractivity (Wildman–Crippen MR) is 56.3 cm³/mol. The van der Waals surface area contributed by atoms with Gasteiger partial charge in [0.2, 0.25) is 0 Å². The minimum atomic E-state index is -2.65. The first-order valence-corrected chi connectivity index (χ1v) is 4.80. The van der Waals surface area contributed by atoms with Gasteiger partial charge in [0.1, 0.15) is 6.04 Å². The molecule has 0 saturated carbocycles. The van der Waals surface area contributed by atoms with Crippen molar-refractivity contribution < 1.29 is 23.4 Å². The summed E-state index contributed by atoms with van der Waals surface area (Å²) in [4.78, 5) is 12.4. The van der Waals surface area contributed by atoms with Crippen LogP contribution in [0.4, 0.5) is 8.78 Å².